The van der Waals surface area contributed by atoms with Crippen LogP contribution < -0.4 is 0 Å². The zero-order valence-corrected chi connectivity index (χ0v) is 8.55. The third-order valence-electron chi connectivity index (χ3n) is 1.80. The Morgan fingerprint density at radius 3 is 1.55 bits per heavy atom. The van der Waals surface area contributed by atoms with Crippen LogP contribution in [0.1, 0.15) is 27.7 Å². The second kappa shape index (κ2) is 5.65. The van der Waals surface area contributed by atoms with Crippen molar-refractivity contribution in [1.29, 1.82) is 0 Å². The average Bonchev–Trinajstić information content (AvgIpc) is 1.84. The fourth-order valence-corrected chi connectivity index (χ4v) is 1.34. The van der Waals surface area contributed by atoms with E-state index in [0.717, 1.165) is 11.8 Å². The Bertz CT molecular complexity index is 81.6. The minimum atomic E-state index is 0.468. The molecule has 1 nitrogen and oxygen atoms in total. The molecule has 0 atom stereocenters. The quantitative estimate of drug-likeness (QED) is 0.556. The molecule has 0 spiro atoms. The second-order valence-electron chi connectivity index (χ2n) is 4.12. The normalized spacial score (nSPS) is 11.2. The zero-order chi connectivity index (χ0) is 8.85. The standard InChI is InChI=1S/C9H21BO/c1-8(2)6-10(11-5)7-9(3)4/h8-9H,6-7H2,1-5H3. The summed E-state index contributed by atoms with van der Waals surface area (Å²) in [7, 11) is 1.81. The average molecular weight is 156 g/mol. The first-order valence-corrected chi connectivity index (χ1v) is 4.59. The van der Waals surface area contributed by atoms with Gasteiger partial charge in [0.1, 0.15) is 0 Å². The maximum atomic E-state index is 5.37. The van der Waals surface area contributed by atoms with E-state index in [1.165, 1.54) is 12.6 Å². The van der Waals surface area contributed by atoms with E-state index in [-0.39, 0.29) is 0 Å². The van der Waals surface area contributed by atoms with Gasteiger partial charge in [0.25, 0.3) is 6.92 Å². The maximum Gasteiger partial charge on any atom is 0.293 e. The van der Waals surface area contributed by atoms with E-state index in [9.17, 15) is 0 Å². The van der Waals surface area contributed by atoms with Crippen LogP contribution in [0.2, 0.25) is 12.6 Å². The summed E-state index contributed by atoms with van der Waals surface area (Å²) >= 11 is 0. The molecule has 0 bridgehead atoms. The molecule has 0 rings (SSSR count). The van der Waals surface area contributed by atoms with Gasteiger partial charge in [-0.15, -0.1) is 0 Å². The van der Waals surface area contributed by atoms with Gasteiger partial charge in [0.2, 0.25) is 0 Å². The largest absolute Gasteiger partial charge is 0.438 e. The Balaban J connectivity index is 3.58. The molecule has 0 amide bonds. The highest BCUT2D eigenvalue weighted by atomic mass is 16.4. The van der Waals surface area contributed by atoms with Crippen LogP contribution in [0.5, 0.6) is 0 Å². The predicted molar refractivity (Wildman–Crippen MR) is 52.1 cm³/mol. The summed E-state index contributed by atoms with van der Waals surface area (Å²) in [6, 6.07) is 0. The molecule has 0 saturated carbocycles. The minimum Gasteiger partial charge on any atom is -0.438 e. The molecule has 0 heterocycles. The molecule has 0 unspecified atom stereocenters. The summed E-state index contributed by atoms with van der Waals surface area (Å²) in [6.07, 6.45) is 2.38. The van der Waals surface area contributed by atoms with Crippen molar-refractivity contribution in [3.8, 4) is 0 Å². The van der Waals surface area contributed by atoms with Crippen LogP contribution in [0.25, 0.3) is 0 Å². The lowest BCUT2D eigenvalue weighted by Crippen LogP contribution is -2.20. The Kier molecular flexibility index (Phi) is 5.66. The lowest BCUT2D eigenvalue weighted by Gasteiger charge is -2.15. The Morgan fingerprint density at radius 1 is 1.00 bits per heavy atom. The smallest absolute Gasteiger partial charge is 0.293 e. The van der Waals surface area contributed by atoms with Crippen LogP contribution in [0.4, 0.5) is 0 Å². The molecule has 0 saturated heterocycles. The van der Waals surface area contributed by atoms with E-state index >= 15 is 0 Å². The maximum absolute atomic E-state index is 5.37. The molecule has 0 aromatic rings. The molecule has 0 aromatic carbocycles. The van der Waals surface area contributed by atoms with E-state index in [4.69, 9.17) is 4.65 Å². The molecule has 0 aliphatic heterocycles. The van der Waals surface area contributed by atoms with Crippen LogP contribution in [0.15, 0.2) is 0 Å². The molecule has 0 aliphatic rings. The molecular formula is C9H21BO. The van der Waals surface area contributed by atoms with Gasteiger partial charge in [-0.2, -0.15) is 0 Å². The fourth-order valence-electron chi connectivity index (χ4n) is 1.34. The molecule has 0 N–H and O–H groups in total. The van der Waals surface area contributed by atoms with E-state index in [0.29, 0.717) is 6.92 Å². The van der Waals surface area contributed by atoms with Crippen molar-refractivity contribution >= 4 is 6.92 Å². The SMILES string of the molecule is COB(CC(C)C)CC(C)C. The number of hydrogen-bond acceptors (Lipinski definition) is 1. The Hall–Kier alpha value is 0.0249. The van der Waals surface area contributed by atoms with Crippen LogP contribution >= 0.6 is 0 Å². The van der Waals surface area contributed by atoms with Gasteiger partial charge in [-0.1, -0.05) is 39.5 Å². The van der Waals surface area contributed by atoms with Gasteiger partial charge in [-0.05, 0) is 12.6 Å². The summed E-state index contributed by atoms with van der Waals surface area (Å²) in [4.78, 5) is 0. The molecule has 66 valence electrons. The van der Waals surface area contributed by atoms with Crippen molar-refractivity contribution in [2.24, 2.45) is 11.8 Å². The first-order chi connectivity index (χ1) is 5.06. The number of rotatable bonds is 5. The third-order valence-corrected chi connectivity index (χ3v) is 1.80. The summed E-state index contributed by atoms with van der Waals surface area (Å²) in [5, 5.41) is 0. The van der Waals surface area contributed by atoms with Crippen molar-refractivity contribution in [3.63, 3.8) is 0 Å². The molecular weight excluding hydrogens is 135 g/mol. The summed E-state index contributed by atoms with van der Waals surface area (Å²) in [6.45, 7) is 9.44. The van der Waals surface area contributed by atoms with Crippen LogP contribution in [-0.4, -0.2) is 14.0 Å². The van der Waals surface area contributed by atoms with Gasteiger partial charge in [-0.3, -0.25) is 0 Å². The minimum absolute atomic E-state index is 0.468. The lowest BCUT2D eigenvalue weighted by atomic mass is 9.56. The van der Waals surface area contributed by atoms with Crippen LogP contribution in [0.3, 0.4) is 0 Å². The van der Waals surface area contributed by atoms with Crippen molar-refractivity contribution in [2.45, 2.75) is 40.3 Å². The van der Waals surface area contributed by atoms with Gasteiger partial charge in [0.15, 0.2) is 0 Å². The van der Waals surface area contributed by atoms with E-state index in [2.05, 4.69) is 27.7 Å². The van der Waals surface area contributed by atoms with Gasteiger partial charge in [0.05, 0.1) is 0 Å². The van der Waals surface area contributed by atoms with Crippen molar-refractivity contribution < 1.29 is 4.65 Å². The molecule has 0 aliphatic carbocycles. The fraction of sp³-hybridized carbons (Fsp3) is 1.00. The van der Waals surface area contributed by atoms with E-state index < -0.39 is 0 Å². The molecule has 0 aromatic heterocycles. The molecule has 0 radical (unpaired) electrons. The van der Waals surface area contributed by atoms with Crippen molar-refractivity contribution in [3.05, 3.63) is 0 Å². The predicted octanol–water partition coefficient (Wildman–Crippen LogP) is 2.94. The topological polar surface area (TPSA) is 9.23 Å². The van der Waals surface area contributed by atoms with Crippen LogP contribution in [0, 0.1) is 11.8 Å². The molecule has 0 fully saturated rings. The summed E-state index contributed by atoms with van der Waals surface area (Å²) in [5.74, 6) is 1.50. The molecule has 2 heteroatoms. The van der Waals surface area contributed by atoms with Crippen molar-refractivity contribution in [2.75, 3.05) is 7.11 Å². The summed E-state index contributed by atoms with van der Waals surface area (Å²) in [5.41, 5.74) is 0. The first kappa shape index (κ1) is 11.0. The Morgan fingerprint density at radius 2 is 1.36 bits per heavy atom. The van der Waals surface area contributed by atoms with Gasteiger partial charge in [0, 0.05) is 7.11 Å². The monoisotopic (exact) mass is 156 g/mol. The van der Waals surface area contributed by atoms with E-state index in [1.54, 1.807) is 0 Å². The second-order valence-corrected chi connectivity index (χ2v) is 4.12. The highest BCUT2D eigenvalue weighted by Gasteiger charge is 2.16. The highest BCUT2D eigenvalue weighted by molar-refractivity contribution is 6.51. The zero-order valence-electron chi connectivity index (χ0n) is 8.55. The van der Waals surface area contributed by atoms with Crippen LogP contribution in [-0.2, 0) is 4.65 Å². The molecule has 11 heavy (non-hydrogen) atoms. The van der Waals surface area contributed by atoms with E-state index in [1.807, 2.05) is 7.11 Å². The summed E-state index contributed by atoms with van der Waals surface area (Å²) < 4.78 is 5.37. The van der Waals surface area contributed by atoms with Crippen molar-refractivity contribution in [1.82, 2.24) is 0 Å². The van der Waals surface area contributed by atoms with Gasteiger partial charge in [-0.25, -0.2) is 0 Å². The first-order valence-electron chi connectivity index (χ1n) is 4.59. The Labute approximate surface area is 71.6 Å². The third kappa shape index (κ3) is 6.42. The lowest BCUT2D eigenvalue weighted by molar-refractivity contribution is 0.403. The van der Waals surface area contributed by atoms with Gasteiger partial charge >= 0.3 is 0 Å². The number of hydrogen-bond donors (Lipinski definition) is 0. The van der Waals surface area contributed by atoms with Gasteiger partial charge < -0.3 is 4.65 Å². The highest BCUT2D eigenvalue weighted by Crippen LogP contribution is 2.14.